The second kappa shape index (κ2) is 5.78. The summed E-state index contributed by atoms with van der Waals surface area (Å²) in [5.74, 6) is 0. The topological polar surface area (TPSA) is 29.5 Å². The number of hydrogen-bond donors (Lipinski definition) is 1. The molecule has 1 aromatic rings. The molecule has 0 saturated carbocycles. The van der Waals surface area contributed by atoms with Gasteiger partial charge >= 0.3 is 0 Å². The van der Waals surface area contributed by atoms with E-state index >= 15 is 0 Å². The van der Waals surface area contributed by atoms with E-state index in [9.17, 15) is 5.11 Å². The molecule has 0 aromatic heterocycles. The number of ether oxygens (including phenoxy) is 1. The number of hydrogen-bond acceptors (Lipinski definition) is 2. The van der Waals surface area contributed by atoms with Crippen LogP contribution >= 0.6 is 0 Å². The van der Waals surface area contributed by atoms with Crippen molar-refractivity contribution in [3.8, 4) is 0 Å². The lowest BCUT2D eigenvalue weighted by Crippen LogP contribution is -2.13. The van der Waals surface area contributed by atoms with Gasteiger partial charge in [-0.1, -0.05) is 37.3 Å². The third-order valence-corrected chi connectivity index (χ3v) is 2.30. The van der Waals surface area contributed by atoms with Crippen molar-refractivity contribution in [3.63, 3.8) is 0 Å². The van der Waals surface area contributed by atoms with Gasteiger partial charge in [0.05, 0.1) is 12.7 Å². The zero-order valence-corrected chi connectivity index (χ0v) is 8.81. The molecule has 1 aromatic carbocycles. The number of aliphatic hydroxyl groups is 1. The van der Waals surface area contributed by atoms with Gasteiger partial charge in [-0.3, -0.25) is 0 Å². The molecular formula is C12H18O2. The maximum absolute atomic E-state index is 9.74. The molecule has 1 unspecified atom stereocenters. The predicted molar refractivity (Wildman–Crippen MR) is 57.1 cm³/mol. The van der Waals surface area contributed by atoms with Crippen molar-refractivity contribution < 1.29 is 9.84 Å². The van der Waals surface area contributed by atoms with E-state index in [0.29, 0.717) is 6.61 Å². The van der Waals surface area contributed by atoms with Crippen LogP contribution in [0.15, 0.2) is 30.3 Å². The van der Waals surface area contributed by atoms with Crippen molar-refractivity contribution in [2.45, 2.75) is 32.5 Å². The van der Waals surface area contributed by atoms with Gasteiger partial charge in [0.15, 0.2) is 0 Å². The van der Waals surface area contributed by atoms with Crippen molar-refractivity contribution >= 4 is 0 Å². The fraction of sp³-hybridized carbons (Fsp3) is 0.500. The van der Waals surface area contributed by atoms with Crippen LogP contribution in [0.3, 0.4) is 0 Å². The highest BCUT2D eigenvalue weighted by Crippen LogP contribution is 2.13. The maximum atomic E-state index is 9.74. The molecule has 2 nitrogen and oxygen atoms in total. The van der Waals surface area contributed by atoms with Crippen LogP contribution in [0.25, 0.3) is 0 Å². The first kappa shape index (κ1) is 11.2. The Morgan fingerprint density at radius 2 is 1.93 bits per heavy atom. The SMILES string of the molecule is CCC(C)OC[C@@H](O)c1ccccc1. The molecule has 0 saturated heterocycles. The van der Waals surface area contributed by atoms with Crippen LogP contribution in [0.2, 0.25) is 0 Å². The fourth-order valence-electron chi connectivity index (χ4n) is 1.14. The van der Waals surface area contributed by atoms with Crippen LogP contribution in [0, 0.1) is 0 Å². The molecule has 2 heteroatoms. The minimum absolute atomic E-state index is 0.216. The van der Waals surface area contributed by atoms with Crippen LogP contribution in [-0.4, -0.2) is 17.8 Å². The van der Waals surface area contributed by atoms with Gasteiger partial charge in [-0.25, -0.2) is 0 Å². The van der Waals surface area contributed by atoms with Crippen LogP contribution in [-0.2, 0) is 4.74 Å². The Labute approximate surface area is 85.5 Å². The van der Waals surface area contributed by atoms with Gasteiger partial charge in [-0.05, 0) is 18.9 Å². The molecule has 0 aliphatic rings. The highest BCUT2D eigenvalue weighted by Gasteiger charge is 2.08. The summed E-state index contributed by atoms with van der Waals surface area (Å²) in [5.41, 5.74) is 0.913. The van der Waals surface area contributed by atoms with Gasteiger partial charge in [0, 0.05) is 0 Å². The summed E-state index contributed by atoms with van der Waals surface area (Å²) in [6.07, 6.45) is 0.681. The third-order valence-electron chi connectivity index (χ3n) is 2.30. The lowest BCUT2D eigenvalue weighted by Gasteiger charge is -2.15. The Morgan fingerprint density at radius 1 is 1.29 bits per heavy atom. The van der Waals surface area contributed by atoms with Gasteiger partial charge in [-0.2, -0.15) is 0 Å². The lowest BCUT2D eigenvalue weighted by molar-refractivity contribution is -0.00374. The largest absolute Gasteiger partial charge is 0.386 e. The predicted octanol–water partition coefficient (Wildman–Crippen LogP) is 2.54. The van der Waals surface area contributed by atoms with Crippen molar-refractivity contribution in [3.05, 3.63) is 35.9 Å². The van der Waals surface area contributed by atoms with E-state index in [2.05, 4.69) is 6.92 Å². The summed E-state index contributed by atoms with van der Waals surface area (Å²) in [7, 11) is 0. The molecule has 78 valence electrons. The summed E-state index contributed by atoms with van der Waals surface area (Å²) in [6, 6.07) is 9.59. The van der Waals surface area contributed by atoms with Crippen molar-refractivity contribution in [1.29, 1.82) is 0 Å². The van der Waals surface area contributed by atoms with Crippen LogP contribution in [0.4, 0.5) is 0 Å². The smallest absolute Gasteiger partial charge is 0.102 e. The first-order valence-electron chi connectivity index (χ1n) is 5.08. The first-order chi connectivity index (χ1) is 6.74. The van der Waals surface area contributed by atoms with E-state index in [1.165, 1.54) is 0 Å². The standard InChI is InChI=1S/C12H18O2/c1-3-10(2)14-9-12(13)11-7-5-4-6-8-11/h4-8,10,12-13H,3,9H2,1-2H3/t10?,12-/m1/s1. The number of rotatable bonds is 5. The van der Waals surface area contributed by atoms with E-state index < -0.39 is 6.10 Å². The molecule has 14 heavy (non-hydrogen) atoms. The van der Waals surface area contributed by atoms with Crippen LogP contribution < -0.4 is 0 Å². The molecule has 0 bridgehead atoms. The van der Waals surface area contributed by atoms with Crippen molar-refractivity contribution in [2.75, 3.05) is 6.61 Å². The molecule has 0 radical (unpaired) electrons. The second-order valence-corrected chi connectivity index (χ2v) is 3.48. The van der Waals surface area contributed by atoms with Gasteiger partial charge in [0.2, 0.25) is 0 Å². The van der Waals surface area contributed by atoms with Gasteiger partial charge < -0.3 is 9.84 Å². The zero-order chi connectivity index (χ0) is 10.4. The summed E-state index contributed by atoms with van der Waals surface area (Å²) >= 11 is 0. The Hall–Kier alpha value is -0.860. The molecule has 2 atom stereocenters. The zero-order valence-electron chi connectivity index (χ0n) is 8.81. The van der Waals surface area contributed by atoms with Gasteiger partial charge in [0.1, 0.15) is 6.10 Å². The summed E-state index contributed by atoms with van der Waals surface area (Å²) in [4.78, 5) is 0. The molecule has 0 aliphatic heterocycles. The molecular weight excluding hydrogens is 176 g/mol. The maximum Gasteiger partial charge on any atom is 0.102 e. The second-order valence-electron chi connectivity index (χ2n) is 3.48. The Kier molecular flexibility index (Phi) is 4.63. The van der Waals surface area contributed by atoms with E-state index in [1.54, 1.807) is 0 Å². The third kappa shape index (κ3) is 3.48. The van der Waals surface area contributed by atoms with E-state index in [4.69, 9.17) is 4.74 Å². The Morgan fingerprint density at radius 3 is 2.50 bits per heavy atom. The van der Waals surface area contributed by atoms with E-state index in [1.807, 2.05) is 37.3 Å². The quantitative estimate of drug-likeness (QED) is 0.780. The Bertz CT molecular complexity index is 246. The summed E-state index contributed by atoms with van der Waals surface area (Å²) < 4.78 is 5.46. The van der Waals surface area contributed by atoms with E-state index in [-0.39, 0.29) is 6.10 Å². The highest BCUT2D eigenvalue weighted by atomic mass is 16.5. The number of benzene rings is 1. The Balaban J connectivity index is 2.39. The van der Waals surface area contributed by atoms with Gasteiger partial charge in [0.25, 0.3) is 0 Å². The normalized spacial score (nSPS) is 15.1. The summed E-state index contributed by atoms with van der Waals surface area (Å²) in [6.45, 7) is 4.45. The van der Waals surface area contributed by atoms with Crippen LogP contribution in [0.1, 0.15) is 31.9 Å². The fourth-order valence-corrected chi connectivity index (χ4v) is 1.14. The van der Waals surface area contributed by atoms with E-state index in [0.717, 1.165) is 12.0 Å². The number of aliphatic hydroxyl groups excluding tert-OH is 1. The monoisotopic (exact) mass is 194 g/mol. The minimum atomic E-state index is -0.509. The molecule has 0 fully saturated rings. The lowest BCUT2D eigenvalue weighted by atomic mass is 10.1. The molecule has 0 amide bonds. The molecule has 0 aliphatic carbocycles. The average Bonchev–Trinajstić information content (AvgIpc) is 2.26. The minimum Gasteiger partial charge on any atom is -0.386 e. The molecule has 0 heterocycles. The highest BCUT2D eigenvalue weighted by molar-refractivity contribution is 5.17. The summed E-state index contributed by atoms with van der Waals surface area (Å²) in [5, 5.41) is 9.74. The molecule has 0 spiro atoms. The van der Waals surface area contributed by atoms with Crippen LogP contribution in [0.5, 0.6) is 0 Å². The molecule has 1 N–H and O–H groups in total. The van der Waals surface area contributed by atoms with Gasteiger partial charge in [-0.15, -0.1) is 0 Å². The first-order valence-corrected chi connectivity index (χ1v) is 5.08. The molecule has 1 rings (SSSR count). The van der Waals surface area contributed by atoms with Crippen molar-refractivity contribution in [1.82, 2.24) is 0 Å². The average molecular weight is 194 g/mol. The van der Waals surface area contributed by atoms with Crippen molar-refractivity contribution in [2.24, 2.45) is 0 Å².